The quantitative estimate of drug-likeness (QED) is 0.159. The number of nitrogens with zero attached hydrogens (tertiary/aromatic N) is 1. The predicted molar refractivity (Wildman–Crippen MR) is 133 cm³/mol. The van der Waals surface area contributed by atoms with Gasteiger partial charge >= 0.3 is 0 Å². The first-order valence-electron chi connectivity index (χ1n) is 11.4. The molecular formula is C27H33N4+. The van der Waals surface area contributed by atoms with E-state index in [1.54, 1.807) is 0 Å². The van der Waals surface area contributed by atoms with Crippen LogP contribution in [0.4, 0.5) is 11.4 Å². The lowest BCUT2D eigenvalue weighted by Gasteiger charge is -2.15. The maximum Gasteiger partial charge on any atom is 0.220 e. The number of aryl methyl sites for hydroxylation is 1. The van der Waals surface area contributed by atoms with Crippen LogP contribution in [-0.4, -0.2) is 12.6 Å². The van der Waals surface area contributed by atoms with Crippen LogP contribution in [0.15, 0.2) is 66.7 Å². The van der Waals surface area contributed by atoms with Crippen molar-refractivity contribution in [2.45, 2.75) is 45.7 Å². The van der Waals surface area contributed by atoms with E-state index in [-0.39, 0.29) is 0 Å². The summed E-state index contributed by atoms with van der Waals surface area (Å²) in [6.07, 6.45) is 3.36. The molecule has 4 nitrogen and oxygen atoms in total. The van der Waals surface area contributed by atoms with Gasteiger partial charge in [-0.25, -0.2) is 0 Å². The van der Waals surface area contributed by atoms with Crippen LogP contribution in [0.5, 0.6) is 0 Å². The summed E-state index contributed by atoms with van der Waals surface area (Å²) < 4.78 is 2.43. The van der Waals surface area contributed by atoms with Crippen molar-refractivity contribution in [3.63, 3.8) is 0 Å². The molecule has 0 atom stereocenters. The predicted octanol–water partition coefficient (Wildman–Crippen LogP) is 5.28. The monoisotopic (exact) mass is 413 g/mol. The lowest BCUT2D eigenvalue weighted by atomic mass is 9.98. The normalized spacial score (nSPS) is 11.6. The van der Waals surface area contributed by atoms with Crippen molar-refractivity contribution in [3.05, 3.63) is 66.7 Å². The van der Waals surface area contributed by atoms with Crippen molar-refractivity contribution < 1.29 is 4.57 Å². The van der Waals surface area contributed by atoms with E-state index < -0.39 is 0 Å². The zero-order chi connectivity index (χ0) is 21.8. The Morgan fingerprint density at radius 2 is 1.48 bits per heavy atom. The molecule has 1 aromatic heterocycles. The maximum absolute atomic E-state index is 6.24. The third-order valence-electron chi connectivity index (χ3n) is 6.20. The first-order chi connectivity index (χ1) is 15.1. The Morgan fingerprint density at radius 3 is 2.19 bits per heavy atom. The Balaban J connectivity index is 1.89. The highest BCUT2D eigenvalue weighted by atomic mass is 15.0. The third-order valence-corrected chi connectivity index (χ3v) is 6.20. The zero-order valence-electron chi connectivity index (χ0n) is 18.6. The van der Waals surface area contributed by atoms with Gasteiger partial charge in [-0.1, -0.05) is 38.1 Å². The smallest absolute Gasteiger partial charge is 0.220 e. The van der Waals surface area contributed by atoms with Crippen LogP contribution in [0.25, 0.3) is 32.9 Å². The number of benzene rings is 3. The van der Waals surface area contributed by atoms with Crippen LogP contribution >= 0.6 is 0 Å². The summed E-state index contributed by atoms with van der Waals surface area (Å²) in [7, 11) is 0. The molecule has 31 heavy (non-hydrogen) atoms. The van der Waals surface area contributed by atoms with E-state index in [2.05, 4.69) is 78.3 Å². The minimum absolute atomic E-state index is 0.586. The van der Waals surface area contributed by atoms with E-state index in [1.165, 1.54) is 32.9 Å². The molecule has 0 amide bonds. The molecule has 0 radical (unpaired) electrons. The van der Waals surface area contributed by atoms with Crippen LogP contribution in [0.3, 0.4) is 0 Å². The van der Waals surface area contributed by atoms with Gasteiger partial charge in [0.1, 0.15) is 0 Å². The molecule has 4 aromatic rings. The number of nitrogens with one attached hydrogen (secondary N) is 1. The van der Waals surface area contributed by atoms with Crippen LogP contribution in [0.1, 0.15) is 33.1 Å². The first-order valence-corrected chi connectivity index (χ1v) is 11.4. The second-order valence-electron chi connectivity index (χ2n) is 8.27. The molecule has 0 saturated heterocycles. The molecule has 3 aromatic carbocycles. The summed E-state index contributed by atoms with van der Waals surface area (Å²) in [4.78, 5) is 0. The van der Waals surface area contributed by atoms with E-state index in [0.29, 0.717) is 6.04 Å². The lowest BCUT2D eigenvalue weighted by Crippen LogP contribution is -2.40. The van der Waals surface area contributed by atoms with E-state index in [9.17, 15) is 0 Å². The van der Waals surface area contributed by atoms with Crippen molar-refractivity contribution in [1.82, 2.24) is 5.32 Å². The molecule has 0 saturated carbocycles. The number of fused-ring (bicyclic) bond motifs is 3. The molecule has 0 fully saturated rings. The topological polar surface area (TPSA) is 68.0 Å². The van der Waals surface area contributed by atoms with Gasteiger partial charge in [-0.3, -0.25) is 0 Å². The Labute approximate surface area is 184 Å². The maximum atomic E-state index is 6.24. The molecule has 0 aliphatic rings. The second-order valence-corrected chi connectivity index (χ2v) is 8.27. The fourth-order valence-corrected chi connectivity index (χ4v) is 4.52. The summed E-state index contributed by atoms with van der Waals surface area (Å²) >= 11 is 0. The van der Waals surface area contributed by atoms with Crippen LogP contribution in [0.2, 0.25) is 0 Å². The molecule has 0 unspecified atom stereocenters. The lowest BCUT2D eigenvalue weighted by molar-refractivity contribution is -0.659. The van der Waals surface area contributed by atoms with Gasteiger partial charge in [0.25, 0.3) is 0 Å². The summed E-state index contributed by atoms with van der Waals surface area (Å²) in [6.45, 7) is 6.38. The second kappa shape index (κ2) is 9.36. The molecule has 0 aliphatic heterocycles. The van der Waals surface area contributed by atoms with Gasteiger partial charge in [0.05, 0.1) is 10.8 Å². The number of nitrogens with two attached hydrogens (primary N) is 2. The minimum atomic E-state index is 0.586. The SMILES string of the molecule is CCC(CC)NCCC[n+]1c(-c2ccccc2)c2cc(N)ccc2c2ccc(N)cc21. The van der Waals surface area contributed by atoms with E-state index >= 15 is 0 Å². The minimum Gasteiger partial charge on any atom is -0.399 e. The number of hydrogen-bond acceptors (Lipinski definition) is 3. The van der Waals surface area contributed by atoms with Gasteiger partial charge in [0, 0.05) is 47.4 Å². The number of pyridine rings is 1. The average Bonchev–Trinajstić information content (AvgIpc) is 2.79. The molecule has 1 heterocycles. The number of nitrogen functional groups attached to an aromatic ring is 2. The van der Waals surface area contributed by atoms with E-state index in [4.69, 9.17) is 11.5 Å². The molecule has 4 heteroatoms. The number of aromatic nitrogens is 1. The Hall–Kier alpha value is -3.11. The van der Waals surface area contributed by atoms with Gasteiger partial charge in [0.15, 0.2) is 6.54 Å². The number of hydrogen-bond donors (Lipinski definition) is 3. The van der Waals surface area contributed by atoms with Crippen LogP contribution in [0, 0.1) is 0 Å². The Morgan fingerprint density at radius 1 is 0.806 bits per heavy atom. The Bertz CT molecular complexity index is 1180. The van der Waals surface area contributed by atoms with E-state index in [1.807, 2.05) is 12.1 Å². The molecule has 4 rings (SSSR count). The van der Waals surface area contributed by atoms with Crippen LogP contribution < -0.4 is 21.4 Å². The molecular weight excluding hydrogens is 380 g/mol. The fraction of sp³-hybridized carbons (Fsp3) is 0.296. The molecule has 0 aliphatic carbocycles. The van der Waals surface area contributed by atoms with E-state index in [0.717, 1.165) is 43.7 Å². The summed E-state index contributed by atoms with van der Waals surface area (Å²) in [5, 5.41) is 7.28. The van der Waals surface area contributed by atoms with Gasteiger partial charge < -0.3 is 16.8 Å². The number of anilines is 2. The van der Waals surface area contributed by atoms with Gasteiger partial charge in [-0.05, 0) is 49.2 Å². The standard InChI is InChI=1S/C27H32N4/c1-3-22(4-2)30-15-8-16-31-26-18-21(29)12-14-24(26)23-13-11-20(28)17-25(23)27(31)19-9-6-5-7-10-19/h5-7,9-14,17-18,22,29-30H,3-4,8,15-16,28H2,1-2H3/p+1. The molecule has 5 N–H and O–H groups in total. The molecule has 160 valence electrons. The summed E-state index contributed by atoms with van der Waals surface area (Å²) in [5.41, 5.74) is 17.6. The molecule has 0 spiro atoms. The van der Waals surface area contributed by atoms with Crippen molar-refractivity contribution in [1.29, 1.82) is 0 Å². The zero-order valence-corrected chi connectivity index (χ0v) is 18.6. The summed E-state index contributed by atoms with van der Waals surface area (Å²) in [5.74, 6) is 0. The first kappa shape index (κ1) is 21.1. The highest BCUT2D eigenvalue weighted by Crippen LogP contribution is 2.33. The highest BCUT2D eigenvalue weighted by Gasteiger charge is 2.23. The highest BCUT2D eigenvalue weighted by molar-refractivity contribution is 6.10. The van der Waals surface area contributed by atoms with Crippen molar-refractivity contribution in [2.75, 3.05) is 18.0 Å². The third kappa shape index (κ3) is 4.35. The van der Waals surface area contributed by atoms with Crippen molar-refractivity contribution in [3.8, 4) is 11.3 Å². The van der Waals surface area contributed by atoms with Crippen LogP contribution in [-0.2, 0) is 6.54 Å². The van der Waals surface area contributed by atoms with Gasteiger partial charge in [0.2, 0.25) is 11.2 Å². The van der Waals surface area contributed by atoms with Gasteiger partial charge in [-0.15, -0.1) is 0 Å². The van der Waals surface area contributed by atoms with Crippen molar-refractivity contribution in [2.24, 2.45) is 0 Å². The largest absolute Gasteiger partial charge is 0.399 e. The van der Waals surface area contributed by atoms with Crippen molar-refractivity contribution >= 4 is 33.1 Å². The van der Waals surface area contributed by atoms with Gasteiger partial charge in [-0.2, -0.15) is 4.57 Å². The molecule has 0 bridgehead atoms. The summed E-state index contributed by atoms with van der Waals surface area (Å²) in [6, 6.07) is 23.6. The number of rotatable bonds is 8. The fourth-order valence-electron chi connectivity index (χ4n) is 4.52. The Kier molecular flexibility index (Phi) is 6.38. The average molecular weight is 414 g/mol.